The molecule has 13 nitrogen and oxygen atoms in total. The SMILES string of the molecule is Cc1cc(-c2cc(Nc3ccc(N4CCN(C(=O)OC(C)(C)C)C[C@H]4C)cn3)ncn2)ccc1[C@@H](C)NC(=O)c1nc(C(C)(C)C)no1. The number of piperazine rings is 1. The molecule has 1 fully saturated rings. The smallest absolute Gasteiger partial charge is 0.410 e. The third-order valence-electron chi connectivity index (χ3n) is 7.95. The molecule has 13 heteroatoms. The molecule has 3 aromatic heterocycles. The minimum absolute atomic E-state index is 0.0566. The summed E-state index contributed by atoms with van der Waals surface area (Å²) >= 11 is 0. The zero-order valence-electron chi connectivity index (χ0n) is 29.2. The minimum atomic E-state index is -0.521. The number of hydrogen-bond acceptors (Lipinski definition) is 11. The van der Waals surface area contributed by atoms with E-state index >= 15 is 0 Å². The van der Waals surface area contributed by atoms with Gasteiger partial charge in [0.2, 0.25) is 0 Å². The van der Waals surface area contributed by atoms with Crippen LogP contribution in [0.3, 0.4) is 0 Å². The van der Waals surface area contributed by atoms with Crippen molar-refractivity contribution in [3.8, 4) is 11.3 Å². The molecule has 2 atom stereocenters. The number of aryl methyl sites for hydroxylation is 1. The van der Waals surface area contributed by atoms with Crippen LogP contribution in [0.25, 0.3) is 11.3 Å². The van der Waals surface area contributed by atoms with Crippen LogP contribution in [0.5, 0.6) is 0 Å². The second kappa shape index (κ2) is 13.6. The minimum Gasteiger partial charge on any atom is -0.444 e. The van der Waals surface area contributed by atoms with Crippen molar-refractivity contribution in [2.45, 2.75) is 85.4 Å². The number of amides is 2. The van der Waals surface area contributed by atoms with Crippen molar-refractivity contribution < 1.29 is 18.8 Å². The standard InChI is InChI=1S/C35H45N9O4/c1-21-16-24(10-12-26(21)23(3)39-30(45)31-41-32(42-48-31)34(4,5)6)27-17-29(38-20-37-27)40-28-13-11-25(18-36-28)44-15-14-43(19-22(44)2)33(46)47-35(7,8)9/h10-13,16-18,20,22-23H,14-15,19H2,1-9H3,(H,39,45)(H,36,37,38,40)/t22-,23-/m1/s1. The van der Waals surface area contributed by atoms with Crippen LogP contribution in [0.1, 0.15) is 89.1 Å². The predicted octanol–water partition coefficient (Wildman–Crippen LogP) is 6.21. The molecule has 0 bridgehead atoms. The monoisotopic (exact) mass is 655 g/mol. The summed E-state index contributed by atoms with van der Waals surface area (Å²) in [4.78, 5) is 47.1. The highest BCUT2D eigenvalue weighted by Crippen LogP contribution is 2.27. The van der Waals surface area contributed by atoms with E-state index in [4.69, 9.17) is 9.26 Å². The van der Waals surface area contributed by atoms with Gasteiger partial charge in [0.25, 0.3) is 0 Å². The highest BCUT2D eigenvalue weighted by molar-refractivity contribution is 5.89. The number of aromatic nitrogens is 5. The average Bonchev–Trinajstić information content (AvgIpc) is 3.53. The van der Waals surface area contributed by atoms with Gasteiger partial charge in [0, 0.05) is 42.7 Å². The fourth-order valence-corrected chi connectivity index (χ4v) is 5.46. The molecule has 2 amide bonds. The van der Waals surface area contributed by atoms with E-state index in [-0.39, 0.29) is 29.5 Å². The molecule has 2 N–H and O–H groups in total. The lowest BCUT2D eigenvalue weighted by molar-refractivity contribution is 0.0218. The van der Waals surface area contributed by atoms with Crippen molar-refractivity contribution in [1.29, 1.82) is 0 Å². The zero-order valence-corrected chi connectivity index (χ0v) is 29.2. The van der Waals surface area contributed by atoms with Crippen molar-refractivity contribution in [3.63, 3.8) is 0 Å². The first kappa shape index (κ1) is 34.3. The average molecular weight is 656 g/mol. The van der Waals surface area contributed by atoms with Crippen molar-refractivity contribution in [2.24, 2.45) is 0 Å². The summed E-state index contributed by atoms with van der Waals surface area (Å²) in [6.07, 6.45) is 3.06. The second-order valence-corrected chi connectivity index (χ2v) is 14.2. The van der Waals surface area contributed by atoms with Gasteiger partial charge in [0.05, 0.1) is 23.6 Å². The summed E-state index contributed by atoms with van der Waals surface area (Å²) in [5.74, 6) is 1.26. The number of ether oxygens (including phenoxy) is 1. The number of carbonyl (C=O) groups is 2. The number of pyridine rings is 1. The van der Waals surface area contributed by atoms with E-state index in [2.05, 4.69) is 47.5 Å². The van der Waals surface area contributed by atoms with Gasteiger partial charge < -0.3 is 29.7 Å². The molecule has 1 saturated heterocycles. The highest BCUT2D eigenvalue weighted by Gasteiger charge is 2.30. The molecule has 5 rings (SSSR count). The Kier molecular flexibility index (Phi) is 9.69. The summed E-state index contributed by atoms with van der Waals surface area (Å²) < 4.78 is 10.7. The Hall–Kier alpha value is -5.07. The summed E-state index contributed by atoms with van der Waals surface area (Å²) in [5, 5.41) is 10.2. The number of carbonyl (C=O) groups excluding carboxylic acids is 2. The predicted molar refractivity (Wildman–Crippen MR) is 183 cm³/mol. The lowest BCUT2D eigenvalue weighted by Gasteiger charge is -2.41. The topological polar surface area (TPSA) is 152 Å². The normalized spacial score (nSPS) is 16.0. The van der Waals surface area contributed by atoms with Gasteiger partial charge in [-0.15, -0.1) is 0 Å². The molecule has 4 heterocycles. The third kappa shape index (κ3) is 8.25. The Morgan fingerprint density at radius 3 is 2.40 bits per heavy atom. The third-order valence-corrected chi connectivity index (χ3v) is 7.95. The van der Waals surface area contributed by atoms with Crippen LogP contribution in [0.4, 0.5) is 22.1 Å². The zero-order chi connectivity index (χ0) is 34.8. The van der Waals surface area contributed by atoms with Crippen molar-refractivity contribution in [1.82, 2.24) is 35.3 Å². The van der Waals surface area contributed by atoms with Crippen LogP contribution < -0.4 is 15.5 Å². The van der Waals surface area contributed by atoms with Gasteiger partial charge in [0.1, 0.15) is 23.6 Å². The molecule has 48 heavy (non-hydrogen) atoms. The Labute approximate surface area is 281 Å². The number of nitrogens with zero attached hydrogens (tertiary/aromatic N) is 7. The maximum absolute atomic E-state index is 12.8. The summed E-state index contributed by atoms with van der Waals surface area (Å²) in [7, 11) is 0. The number of hydrogen-bond donors (Lipinski definition) is 2. The highest BCUT2D eigenvalue weighted by atomic mass is 16.6. The number of nitrogens with one attached hydrogen (secondary N) is 2. The molecular formula is C35H45N9O4. The van der Waals surface area contributed by atoms with Gasteiger partial charge in [-0.1, -0.05) is 38.1 Å². The number of anilines is 3. The maximum atomic E-state index is 12.8. The molecule has 0 radical (unpaired) electrons. The number of rotatable bonds is 7. The van der Waals surface area contributed by atoms with Crippen LogP contribution in [-0.4, -0.2) is 73.3 Å². The van der Waals surface area contributed by atoms with Gasteiger partial charge in [0.15, 0.2) is 5.82 Å². The van der Waals surface area contributed by atoms with Crippen molar-refractivity contribution in [3.05, 3.63) is 71.8 Å². The van der Waals surface area contributed by atoms with E-state index in [1.807, 2.05) is 98.0 Å². The first-order valence-corrected chi connectivity index (χ1v) is 16.1. The molecule has 0 spiro atoms. The van der Waals surface area contributed by atoms with Crippen LogP contribution in [-0.2, 0) is 10.2 Å². The molecule has 1 aromatic carbocycles. The van der Waals surface area contributed by atoms with E-state index < -0.39 is 11.5 Å². The lowest BCUT2D eigenvalue weighted by atomic mass is 9.96. The van der Waals surface area contributed by atoms with Gasteiger partial charge in [-0.05, 0) is 70.9 Å². The van der Waals surface area contributed by atoms with Crippen LogP contribution >= 0.6 is 0 Å². The molecule has 4 aromatic rings. The molecule has 254 valence electrons. The van der Waals surface area contributed by atoms with Crippen LogP contribution in [0.15, 0.2) is 53.4 Å². The Bertz CT molecular complexity index is 1760. The molecule has 1 aliphatic heterocycles. The van der Waals surface area contributed by atoms with Crippen LogP contribution in [0.2, 0.25) is 0 Å². The van der Waals surface area contributed by atoms with Crippen molar-refractivity contribution in [2.75, 3.05) is 29.9 Å². The van der Waals surface area contributed by atoms with Gasteiger partial charge >= 0.3 is 17.9 Å². The molecule has 1 aliphatic rings. The van der Waals surface area contributed by atoms with E-state index in [9.17, 15) is 9.59 Å². The quantitative estimate of drug-likeness (QED) is 0.234. The Morgan fingerprint density at radius 1 is 1.00 bits per heavy atom. The lowest BCUT2D eigenvalue weighted by Crippen LogP contribution is -2.54. The summed E-state index contributed by atoms with van der Waals surface area (Å²) in [5.41, 5.74) is 3.75. The molecular weight excluding hydrogens is 610 g/mol. The van der Waals surface area contributed by atoms with Gasteiger partial charge in [-0.2, -0.15) is 4.98 Å². The molecule has 0 aliphatic carbocycles. The Morgan fingerprint density at radius 2 is 1.77 bits per heavy atom. The van der Waals surface area contributed by atoms with Crippen LogP contribution in [0, 0.1) is 6.92 Å². The maximum Gasteiger partial charge on any atom is 0.410 e. The Balaban J connectivity index is 1.20. The second-order valence-electron chi connectivity index (χ2n) is 14.2. The van der Waals surface area contributed by atoms with E-state index in [1.54, 1.807) is 4.90 Å². The first-order chi connectivity index (χ1) is 22.6. The molecule has 0 unspecified atom stereocenters. The summed E-state index contributed by atoms with van der Waals surface area (Å²) in [6.45, 7) is 19.3. The van der Waals surface area contributed by atoms with E-state index in [0.717, 1.165) is 28.1 Å². The number of benzene rings is 1. The first-order valence-electron chi connectivity index (χ1n) is 16.1. The van der Waals surface area contributed by atoms with Gasteiger partial charge in [-0.3, -0.25) is 4.79 Å². The fourth-order valence-electron chi connectivity index (χ4n) is 5.46. The van der Waals surface area contributed by atoms with E-state index in [0.29, 0.717) is 37.1 Å². The van der Waals surface area contributed by atoms with E-state index in [1.165, 1.54) is 6.33 Å². The largest absolute Gasteiger partial charge is 0.444 e. The van der Waals surface area contributed by atoms with Crippen molar-refractivity contribution >= 4 is 29.3 Å². The van der Waals surface area contributed by atoms with Gasteiger partial charge in [-0.25, -0.2) is 19.7 Å². The molecule has 0 saturated carbocycles. The summed E-state index contributed by atoms with van der Waals surface area (Å²) in [6, 6.07) is 11.6. The fraction of sp³-hybridized carbons (Fsp3) is 0.457.